The summed E-state index contributed by atoms with van der Waals surface area (Å²) in [4.78, 5) is 37.8. The molecule has 0 saturated carbocycles. The zero-order valence-electron chi connectivity index (χ0n) is 16.2. The fraction of sp³-hybridized carbons (Fsp3) is 0.450. The van der Waals surface area contributed by atoms with Crippen LogP contribution in [0.1, 0.15) is 33.3 Å². The van der Waals surface area contributed by atoms with Crippen LogP contribution in [0.2, 0.25) is 0 Å². The maximum absolute atomic E-state index is 12.8. The number of imide groups is 1. The van der Waals surface area contributed by atoms with Gasteiger partial charge in [-0.15, -0.1) is 0 Å². The molecule has 1 aromatic carbocycles. The number of nitrogens with one attached hydrogen (secondary N) is 1. The Balaban J connectivity index is 2.09. The molecule has 3 amide bonds. The highest BCUT2D eigenvalue weighted by Gasteiger charge is 2.49. The van der Waals surface area contributed by atoms with E-state index in [4.69, 9.17) is 9.47 Å². The number of ether oxygens (including phenoxy) is 2. The highest BCUT2D eigenvalue weighted by Crippen LogP contribution is 2.30. The topological polar surface area (TPSA) is 84.9 Å². The van der Waals surface area contributed by atoms with Gasteiger partial charge < -0.3 is 14.8 Å². The summed E-state index contributed by atoms with van der Waals surface area (Å²) in [7, 11) is 0. The monoisotopic (exact) mass is 374 g/mol. The molecule has 1 heterocycles. The van der Waals surface area contributed by atoms with Gasteiger partial charge >= 0.3 is 12.0 Å². The van der Waals surface area contributed by atoms with Crippen LogP contribution in [0.15, 0.2) is 36.4 Å². The molecule has 1 aliphatic rings. The number of nitrogens with zero attached hydrogens (tertiary/aromatic N) is 1. The molecule has 1 atom stereocenters. The number of carbonyl (C=O) groups excluding carboxylic acids is 3. The number of esters is 1. The third-order valence-corrected chi connectivity index (χ3v) is 4.06. The first-order valence-electron chi connectivity index (χ1n) is 8.81. The molecule has 0 radical (unpaired) electrons. The van der Waals surface area contributed by atoms with E-state index in [2.05, 4.69) is 11.9 Å². The quantitative estimate of drug-likeness (QED) is 0.429. The second-order valence-electron chi connectivity index (χ2n) is 7.29. The van der Waals surface area contributed by atoms with Gasteiger partial charge in [0.15, 0.2) is 0 Å². The average molecular weight is 374 g/mol. The summed E-state index contributed by atoms with van der Waals surface area (Å²) in [6.07, 6.45) is 0. The molecule has 2 rings (SSSR count). The molecular formula is C20H26N2O5. The van der Waals surface area contributed by atoms with E-state index in [-0.39, 0.29) is 12.5 Å². The van der Waals surface area contributed by atoms with Gasteiger partial charge in [0, 0.05) is 0 Å². The number of carbonyl (C=O) groups is 3. The molecule has 146 valence electrons. The van der Waals surface area contributed by atoms with Gasteiger partial charge in [0.2, 0.25) is 0 Å². The molecule has 1 aromatic rings. The van der Waals surface area contributed by atoms with Crippen molar-refractivity contribution in [1.82, 2.24) is 10.2 Å². The molecule has 1 unspecified atom stereocenters. The third-order valence-electron chi connectivity index (χ3n) is 4.06. The first-order valence-corrected chi connectivity index (χ1v) is 8.81. The smallest absolute Gasteiger partial charge is 0.326 e. The fourth-order valence-electron chi connectivity index (χ4n) is 2.56. The Bertz CT molecular complexity index is 741. The lowest BCUT2D eigenvalue weighted by atomic mass is 9.92. The largest absolute Gasteiger partial charge is 0.489 e. The summed E-state index contributed by atoms with van der Waals surface area (Å²) >= 11 is 0. The highest BCUT2D eigenvalue weighted by atomic mass is 16.5. The van der Waals surface area contributed by atoms with Crippen LogP contribution in [0.4, 0.5) is 4.79 Å². The zero-order valence-corrected chi connectivity index (χ0v) is 16.2. The Hall–Kier alpha value is -2.83. The van der Waals surface area contributed by atoms with Crippen molar-refractivity contribution in [2.45, 2.75) is 33.2 Å². The van der Waals surface area contributed by atoms with Gasteiger partial charge in [-0.3, -0.25) is 14.5 Å². The molecule has 1 saturated heterocycles. The number of hydrogen-bond acceptors (Lipinski definition) is 5. The van der Waals surface area contributed by atoms with Gasteiger partial charge in [-0.25, -0.2) is 4.79 Å². The van der Waals surface area contributed by atoms with Crippen LogP contribution < -0.4 is 10.1 Å². The van der Waals surface area contributed by atoms with Crippen molar-refractivity contribution in [1.29, 1.82) is 0 Å². The maximum Gasteiger partial charge on any atom is 0.326 e. The molecule has 0 spiro atoms. The number of amides is 3. The summed E-state index contributed by atoms with van der Waals surface area (Å²) < 4.78 is 10.6. The van der Waals surface area contributed by atoms with E-state index in [1.165, 1.54) is 0 Å². The average Bonchev–Trinajstić information content (AvgIpc) is 2.82. The maximum atomic E-state index is 12.8. The number of urea groups is 1. The second-order valence-corrected chi connectivity index (χ2v) is 7.29. The van der Waals surface area contributed by atoms with Crippen molar-refractivity contribution >= 4 is 17.9 Å². The molecule has 7 nitrogen and oxygen atoms in total. The van der Waals surface area contributed by atoms with E-state index in [1.54, 1.807) is 31.2 Å². The Morgan fingerprint density at radius 3 is 2.44 bits per heavy atom. The third kappa shape index (κ3) is 4.87. The Labute approximate surface area is 159 Å². The van der Waals surface area contributed by atoms with E-state index >= 15 is 0 Å². The minimum atomic E-state index is -1.25. The van der Waals surface area contributed by atoms with Gasteiger partial charge in [0.1, 0.15) is 24.4 Å². The summed E-state index contributed by atoms with van der Waals surface area (Å²) in [5.74, 6) is -0.297. The molecule has 1 N–H and O–H groups in total. The van der Waals surface area contributed by atoms with Crippen LogP contribution >= 0.6 is 0 Å². The summed E-state index contributed by atoms with van der Waals surface area (Å²) in [6.45, 7) is 11.3. The van der Waals surface area contributed by atoms with E-state index < -0.39 is 30.0 Å². The Kier molecular flexibility index (Phi) is 6.25. The zero-order chi connectivity index (χ0) is 20.2. The summed E-state index contributed by atoms with van der Waals surface area (Å²) in [5.41, 5.74) is 0.244. The SMILES string of the molecule is C=C(C)COc1ccc(C2(C)NC(=O)N(CC(=O)OCC(C)C)C2=O)cc1. The lowest BCUT2D eigenvalue weighted by Crippen LogP contribution is -2.41. The van der Waals surface area contributed by atoms with Crippen LogP contribution in [0.25, 0.3) is 0 Å². The van der Waals surface area contributed by atoms with Crippen molar-refractivity contribution in [2.75, 3.05) is 19.8 Å². The van der Waals surface area contributed by atoms with Gasteiger partial charge in [0.25, 0.3) is 5.91 Å². The first-order chi connectivity index (χ1) is 12.6. The van der Waals surface area contributed by atoms with Crippen molar-refractivity contribution < 1.29 is 23.9 Å². The van der Waals surface area contributed by atoms with Crippen LogP contribution in [-0.2, 0) is 19.9 Å². The van der Waals surface area contributed by atoms with Gasteiger partial charge in [0.05, 0.1) is 6.61 Å². The Morgan fingerprint density at radius 1 is 1.26 bits per heavy atom. The molecule has 1 aliphatic heterocycles. The minimum Gasteiger partial charge on any atom is -0.489 e. The first kappa shape index (κ1) is 20.5. The van der Waals surface area contributed by atoms with E-state index in [9.17, 15) is 14.4 Å². The Morgan fingerprint density at radius 2 is 1.89 bits per heavy atom. The molecule has 27 heavy (non-hydrogen) atoms. The van der Waals surface area contributed by atoms with Crippen molar-refractivity contribution in [3.05, 3.63) is 42.0 Å². The van der Waals surface area contributed by atoms with Crippen molar-refractivity contribution in [2.24, 2.45) is 5.92 Å². The minimum absolute atomic E-state index is 0.174. The standard InChI is InChI=1S/C20H26N2O5/c1-13(2)11-26-16-8-6-15(7-9-16)20(5)18(24)22(19(25)21-20)10-17(23)27-12-14(3)4/h6-9,14H,1,10-12H2,2-5H3,(H,21,25). The van der Waals surface area contributed by atoms with Crippen molar-refractivity contribution in [3.63, 3.8) is 0 Å². The predicted octanol–water partition coefficient (Wildman–Crippen LogP) is 2.61. The lowest BCUT2D eigenvalue weighted by Gasteiger charge is -2.22. The van der Waals surface area contributed by atoms with Crippen LogP contribution in [0.5, 0.6) is 5.75 Å². The number of hydrogen-bond donors (Lipinski definition) is 1. The molecular weight excluding hydrogens is 348 g/mol. The molecule has 0 aromatic heterocycles. The second kappa shape index (κ2) is 8.24. The van der Waals surface area contributed by atoms with Gasteiger partial charge in [-0.05, 0) is 43.0 Å². The highest BCUT2D eigenvalue weighted by molar-refractivity contribution is 6.08. The molecule has 0 bridgehead atoms. The molecule has 0 aliphatic carbocycles. The molecule has 7 heteroatoms. The fourth-order valence-corrected chi connectivity index (χ4v) is 2.56. The van der Waals surface area contributed by atoms with Gasteiger partial charge in [-0.1, -0.05) is 32.6 Å². The van der Waals surface area contributed by atoms with E-state index in [0.29, 0.717) is 17.9 Å². The number of rotatable bonds is 8. The van der Waals surface area contributed by atoms with Gasteiger partial charge in [-0.2, -0.15) is 0 Å². The van der Waals surface area contributed by atoms with E-state index in [1.807, 2.05) is 20.8 Å². The lowest BCUT2D eigenvalue weighted by molar-refractivity contribution is -0.148. The molecule has 1 fully saturated rings. The summed E-state index contributed by atoms with van der Waals surface area (Å²) in [6, 6.07) is 6.26. The summed E-state index contributed by atoms with van der Waals surface area (Å²) in [5, 5.41) is 2.66. The van der Waals surface area contributed by atoms with Crippen molar-refractivity contribution in [3.8, 4) is 5.75 Å². The van der Waals surface area contributed by atoms with Crippen LogP contribution in [-0.4, -0.2) is 42.6 Å². The van der Waals surface area contributed by atoms with E-state index in [0.717, 1.165) is 10.5 Å². The van der Waals surface area contributed by atoms with Crippen LogP contribution in [0, 0.1) is 5.92 Å². The number of benzene rings is 1. The predicted molar refractivity (Wildman–Crippen MR) is 100 cm³/mol. The van der Waals surface area contributed by atoms with Crippen LogP contribution in [0.3, 0.4) is 0 Å². The normalized spacial score (nSPS) is 19.2.